The molecule has 0 fully saturated rings. The van der Waals surface area contributed by atoms with Crippen LogP contribution in [0.4, 0.5) is 4.39 Å². The minimum absolute atomic E-state index is 0.0250. The van der Waals surface area contributed by atoms with E-state index in [1.807, 2.05) is 78.4 Å². The molecule has 0 saturated carbocycles. The molecule has 6 aromatic carbocycles. The molecule has 0 aliphatic carbocycles. The maximum absolute atomic E-state index is 13.1. The third kappa shape index (κ3) is 15.9. The van der Waals surface area contributed by atoms with Gasteiger partial charge in [0.05, 0.1) is 96.8 Å². The van der Waals surface area contributed by atoms with Crippen molar-refractivity contribution in [3.63, 3.8) is 0 Å². The summed E-state index contributed by atoms with van der Waals surface area (Å²) in [7, 11) is -12.0. The molecule has 9 aromatic rings. The van der Waals surface area contributed by atoms with Crippen LogP contribution in [-0.4, -0.2) is 72.3 Å². The molecule has 0 radical (unpaired) electrons. The highest BCUT2D eigenvalue weighted by Crippen LogP contribution is 2.20. The van der Waals surface area contributed by atoms with Gasteiger partial charge in [-0.15, -0.1) is 0 Å². The van der Waals surface area contributed by atoms with Crippen molar-refractivity contribution in [2.75, 3.05) is 0 Å². The van der Waals surface area contributed by atoms with Crippen LogP contribution in [0.25, 0.3) is 17.1 Å². The third-order valence-electron chi connectivity index (χ3n) is 11.1. The van der Waals surface area contributed by atoms with Gasteiger partial charge in [0, 0.05) is 10.0 Å². The summed E-state index contributed by atoms with van der Waals surface area (Å²) in [6.45, 7) is 5.35. The summed E-state index contributed by atoms with van der Waals surface area (Å²) >= 11 is 11.5. The van der Waals surface area contributed by atoms with Crippen LogP contribution in [-0.2, 0) is 63.7 Å². The molecule has 0 spiro atoms. The van der Waals surface area contributed by atoms with Crippen LogP contribution in [0.2, 0.25) is 10.0 Å². The van der Waals surface area contributed by atoms with Crippen molar-refractivity contribution in [1.82, 2.24) is 43.5 Å². The molecule has 19 nitrogen and oxygen atoms in total. The first kappa shape index (κ1) is 58.9. The van der Waals surface area contributed by atoms with Gasteiger partial charge in [-0.3, -0.25) is 14.4 Å². The number of amides is 3. The molecule has 410 valence electrons. The van der Waals surface area contributed by atoms with E-state index in [-0.39, 0.29) is 33.9 Å². The first-order valence-electron chi connectivity index (χ1n) is 23.7. The number of para-hydroxylation sites is 2. The Balaban J connectivity index is 0.000000173. The average molecular weight is 1180 g/mol. The van der Waals surface area contributed by atoms with Gasteiger partial charge in [-0.05, 0) is 160 Å². The van der Waals surface area contributed by atoms with Crippen LogP contribution in [0.3, 0.4) is 0 Å². The van der Waals surface area contributed by atoms with E-state index in [1.54, 1.807) is 41.4 Å². The number of nitrogens with one attached hydrogen (secondary N) is 3. The second-order valence-corrected chi connectivity index (χ2v) is 23.3. The fourth-order valence-corrected chi connectivity index (χ4v) is 10.8. The Morgan fingerprint density at radius 2 is 0.750 bits per heavy atom. The zero-order chi connectivity index (χ0) is 57.8. The van der Waals surface area contributed by atoms with Crippen LogP contribution in [0.5, 0.6) is 0 Å². The van der Waals surface area contributed by atoms with E-state index in [0.29, 0.717) is 44.1 Å². The molecule has 3 aromatic heterocycles. The van der Waals surface area contributed by atoms with Gasteiger partial charge in [0.15, 0.2) is 0 Å². The predicted molar refractivity (Wildman–Crippen MR) is 296 cm³/mol. The van der Waals surface area contributed by atoms with E-state index < -0.39 is 53.6 Å². The number of benzene rings is 6. The SMILES string of the molecule is Cc1cc(CC(=O)NS(=O)(=O)c2ccc(C#N)cc2)n(-c2ccccc2)n1.Cc1cc(CC(=O)NS(=O)(=O)c2ccc(Cl)cc2)n(-c2ccc(F)cc2)n1.Cc1cc(CC(=O)NS(=O)(=O)c2ccc(Cl)cc2)n(-c2ccccc2)n1. The van der Waals surface area contributed by atoms with Crippen molar-refractivity contribution in [2.24, 2.45) is 0 Å². The molecule has 0 atom stereocenters. The summed E-state index contributed by atoms with van der Waals surface area (Å²) in [5.74, 6) is -2.42. The fraction of sp³-hybridized carbons (Fsp3) is 0.109. The number of rotatable bonds is 15. The largest absolute Gasteiger partial charge is 0.274 e. The molecule has 0 saturated heterocycles. The third-order valence-corrected chi connectivity index (χ3v) is 15.8. The zero-order valence-corrected chi connectivity index (χ0v) is 46.5. The Labute approximate surface area is 470 Å². The number of aromatic nitrogens is 6. The monoisotopic (exact) mass is 1180 g/mol. The minimum Gasteiger partial charge on any atom is -0.274 e. The lowest BCUT2D eigenvalue weighted by Crippen LogP contribution is -2.32. The van der Waals surface area contributed by atoms with Gasteiger partial charge in [0.25, 0.3) is 30.1 Å². The maximum Gasteiger partial charge on any atom is 0.264 e. The highest BCUT2D eigenvalue weighted by atomic mass is 35.5. The van der Waals surface area contributed by atoms with E-state index in [9.17, 15) is 44.0 Å². The van der Waals surface area contributed by atoms with Gasteiger partial charge >= 0.3 is 0 Å². The van der Waals surface area contributed by atoms with E-state index in [4.69, 9.17) is 28.5 Å². The molecule has 9 rings (SSSR count). The Hall–Kier alpha value is -8.79. The van der Waals surface area contributed by atoms with Crippen LogP contribution in [0.1, 0.15) is 39.7 Å². The van der Waals surface area contributed by atoms with Crippen LogP contribution >= 0.6 is 23.2 Å². The molecule has 3 N–H and O–H groups in total. The number of aryl methyl sites for hydroxylation is 3. The van der Waals surface area contributed by atoms with Gasteiger partial charge in [0.1, 0.15) is 5.82 Å². The predicted octanol–water partition coefficient (Wildman–Crippen LogP) is 8.00. The van der Waals surface area contributed by atoms with Crippen LogP contribution < -0.4 is 14.2 Å². The second-order valence-electron chi connectivity index (χ2n) is 17.4. The highest BCUT2D eigenvalue weighted by molar-refractivity contribution is 7.90. The van der Waals surface area contributed by atoms with Crippen molar-refractivity contribution in [1.29, 1.82) is 5.26 Å². The molecule has 3 amide bonds. The number of carbonyl (C=O) groups is 3. The molecule has 0 bridgehead atoms. The number of nitrogens with zero attached hydrogens (tertiary/aromatic N) is 7. The molecule has 0 aliphatic rings. The fourth-order valence-electron chi connectivity index (χ4n) is 7.59. The zero-order valence-electron chi connectivity index (χ0n) is 42.5. The van der Waals surface area contributed by atoms with Crippen molar-refractivity contribution in [3.8, 4) is 23.1 Å². The molecular formula is C55H47Cl2FN10O9S3. The normalized spacial score (nSPS) is 11.2. The summed E-state index contributed by atoms with van der Waals surface area (Å²) in [5.41, 5.74) is 6.21. The van der Waals surface area contributed by atoms with E-state index >= 15 is 0 Å². The lowest BCUT2D eigenvalue weighted by molar-refractivity contribution is -0.119. The lowest BCUT2D eigenvalue weighted by Gasteiger charge is -2.09. The van der Waals surface area contributed by atoms with Gasteiger partial charge in [-0.25, -0.2) is 57.9 Å². The van der Waals surface area contributed by atoms with Crippen molar-refractivity contribution < 1.29 is 44.0 Å². The van der Waals surface area contributed by atoms with Gasteiger partial charge in [-0.2, -0.15) is 20.6 Å². The summed E-state index contributed by atoms with van der Waals surface area (Å²) < 4.78 is 97.9. The molecule has 25 heteroatoms. The average Bonchev–Trinajstić information content (AvgIpc) is 4.15. The van der Waals surface area contributed by atoms with Crippen molar-refractivity contribution in [3.05, 3.63) is 232 Å². The Kier molecular flexibility index (Phi) is 19.0. The number of nitriles is 1. The quantitative estimate of drug-likeness (QED) is 0.0879. The standard InChI is InChI=1S/C19H16N4O3S.C18H15ClFN3O3S.C18H16ClN3O3S/c1-14-11-17(23(21-14)16-5-3-2-4-6-16)12-19(24)22-27(25,26)18-9-7-15(13-20)8-10-18;1-12-10-16(23(21-12)15-6-4-14(20)5-7-15)11-18(24)22-27(25,26)17-8-2-13(19)3-9-17;1-13-11-16(22(20-13)15-5-3-2-4-6-15)12-18(23)21-26(24,25)17-9-7-14(19)8-10-17/h2-11H,12H2,1H3,(H,22,24);2-10H,11H2,1H3,(H,22,24);2-11H,12H2,1H3,(H,21,23). The van der Waals surface area contributed by atoms with Gasteiger partial charge in [0.2, 0.25) is 17.7 Å². The summed E-state index contributed by atoms with van der Waals surface area (Å²) in [6.07, 6.45) is -0.487. The Morgan fingerprint density at radius 1 is 0.463 bits per heavy atom. The van der Waals surface area contributed by atoms with Crippen LogP contribution in [0.15, 0.2) is 191 Å². The topological polar surface area (TPSA) is 267 Å². The number of carbonyl (C=O) groups excluding carboxylic acids is 3. The van der Waals surface area contributed by atoms with Crippen molar-refractivity contribution >= 4 is 71.0 Å². The number of sulfonamides is 3. The van der Waals surface area contributed by atoms with E-state index in [2.05, 4.69) is 24.7 Å². The van der Waals surface area contributed by atoms with Gasteiger partial charge < -0.3 is 0 Å². The molecule has 80 heavy (non-hydrogen) atoms. The number of hydrogen-bond donors (Lipinski definition) is 3. The smallest absolute Gasteiger partial charge is 0.264 e. The number of hydrogen-bond acceptors (Lipinski definition) is 13. The second kappa shape index (κ2) is 25.8. The van der Waals surface area contributed by atoms with Crippen LogP contribution in [0, 0.1) is 37.9 Å². The number of halogens is 3. The molecule has 0 aliphatic heterocycles. The lowest BCUT2D eigenvalue weighted by atomic mass is 10.2. The molecule has 3 heterocycles. The van der Waals surface area contributed by atoms with Crippen molar-refractivity contribution in [2.45, 2.75) is 54.7 Å². The Bertz CT molecular complexity index is 4060. The first-order chi connectivity index (χ1) is 38.0. The van der Waals surface area contributed by atoms with Gasteiger partial charge in [-0.1, -0.05) is 59.6 Å². The molecule has 0 unspecified atom stereocenters. The minimum atomic E-state index is -4.01. The molecular weight excluding hydrogens is 1130 g/mol. The summed E-state index contributed by atoms with van der Waals surface area (Å²) in [5, 5.41) is 22.6. The highest BCUT2D eigenvalue weighted by Gasteiger charge is 2.23. The Morgan fingerprint density at radius 3 is 1.05 bits per heavy atom. The van der Waals surface area contributed by atoms with E-state index in [1.165, 1.54) is 102 Å². The maximum atomic E-state index is 13.1. The van der Waals surface area contributed by atoms with E-state index in [0.717, 1.165) is 22.8 Å². The summed E-state index contributed by atoms with van der Waals surface area (Å²) in [4.78, 5) is 36.8. The summed E-state index contributed by atoms with van der Waals surface area (Å²) in [6, 6.07) is 47.7. The first-order valence-corrected chi connectivity index (χ1v) is 28.9.